The molecule has 1 aromatic heterocycles. The van der Waals surface area contributed by atoms with Gasteiger partial charge in [0.05, 0.1) is 11.7 Å². The Morgan fingerprint density at radius 3 is 2.62 bits per heavy atom. The van der Waals surface area contributed by atoms with Gasteiger partial charge in [-0.3, -0.25) is 16.3 Å². The predicted molar refractivity (Wildman–Crippen MR) is 62.9 cm³/mol. The van der Waals surface area contributed by atoms with Crippen molar-refractivity contribution in [2.24, 2.45) is 11.8 Å². The summed E-state index contributed by atoms with van der Waals surface area (Å²) in [5, 5.41) is 0. The lowest BCUT2D eigenvalue weighted by atomic mass is 9.93. The SMILES string of the molecule is CCC(CC)CC(NN)c1ncccc1F. The number of hydrogen-bond acceptors (Lipinski definition) is 3. The predicted octanol–water partition coefficient (Wildman–Crippen LogP) is 2.55. The van der Waals surface area contributed by atoms with Crippen LogP contribution in [0, 0.1) is 11.7 Å². The summed E-state index contributed by atoms with van der Waals surface area (Å²) in [5.41, 5.74) is 3.07. The van der Waals surface area contributed by atoms with E-state index in [2.05, 4.69) is 24.3 Å². The highest BCUT2D eigenvalue weighted by molar-refractivity contribution is 5.11. The maximum absolute atomic E-state index is 13.5. The summed E-state index contributed by atoms with van der Waals surface area (Å²) < 4.78 is 13.5. The Morgan fingerprint density at radius 2 is 2.12 bits per heavy atom. The lowest BCUT2D eigenvalue weighted by molar-refractivity contribution is 0.361. The summed E-state index contributed by atoms with van der Waals surface area (Å²) >= 11 is 0. The molecule has 1 heterocycles. The van der Waals surface area contributed by atoms with Crippen LogP contribution in [-0.4, -0.2) is 4.98 Å². The van der Waals surface area contributed by atoms with Crippen LogP contribution in [0.1, 0.15) is 44.8 Å². The summed E-state index contributed by atoms with van der Waals surface area (Å²) in [7, 11) is 0. The van der Waals surface area contributed by atoms with Gasteiger partial charge in [0.2, 0.25) is 0 Å². The molecule has 3 N–H and O–H groups in total. The molecular formula is C12H20FN3. The Labute approximate surface area is 96.2 Å². The average molecular weight is 225 g/mol. The first-order valence-corrected chi connectivity index (χ1v) is 5.79. The molecule has 0 aliphatic carbocycles. The molecule has 0 radical (unpaired) electrons. The minimum Gasteiger partial charge on any atom is -0.271 e. The monoisotopic (exact) mass is 225 g/mol. The molecular weight excluding hydrogens is 205 g/mol. The minimum atomic E-state index is -0.295. The van der Waals surface area contributed by atoms with Crippen LogP contribution in [0.25, 0.3) is 0 Å². The largest absolute Gasteiger partial charge is 0.271 e. The van der Waals surface area contributed by atoms with E-state index in [-0.39, 0.29) is 11.9 Å². The van der Waals surface area contributed by atoms with Crippen LogP contribution in [0.4, 0.5) is 4.39 Å². The Balaban J connectivity index is 2.78. The van der Waals surface area contributed by atoms with Gasteiger partial charge < -0.3 is 0 Å². The highest BCUT2D eigenvalue weighted by atomic mass is 19.1. The fourth-order valence-corrected chi connectivity index (χ4v) is 1.87. The topological polar surface area (TPSA) is 50.9 Å². The van der Waals surface area contributed by atoms with Crippen molar-refractivity contribution in [3.63, 3.8) is 0 Å². The van der Waals surface area contributed by atoms with Gasteiger partial charge in [0.15, 0.2) is 0 Å². The van der Waals surface area contributed by atoms with Crippen molar-refractivity contribution in [2.75, 3.05) is 0 Å². The van der Waals surface area contributed by atoms with Crippen LogP contribution in [0.2, 0.25) is 0 Å². The van der Waals surface area contributed by atoms with Gasteiger partial charge in [-0.2, -0.15) is 0 Å². The van der Waals surface area contributed by atoms with Crippen LogP contribution in [0.3, 0.4) is 0 Å². The lowest BCUT2D eigenvalue weighted by Crippen LogP contribution is -2.31. The van der Waals surface area contributed by atoms with Crippen LogP contribution in [-0.2, 0) is 0 Å². The van der Waals surface area contributed by atoms with Gasteiger partial charge in [0.25, 0.3) is 0 Å². The highest BCUT2D eigenvalue weighted by Gasteiger charge is 2.18. The van der Waals surface area contributed by atoms with Crippen molar-refractivity contribution in [3.8, 4) is 0 Å². The minimum absolute atomic E-state index is 0.203. The normalized spacial score (nSPS) is 13.1. The second-order valence-electron chi connectivity index (χ2n) is 4.01. The van der Waals surface area contributed by atoms with Crippen LogP contribution in [0.5, 0.6) is 0 Å². The molecule has 1 unspecified atom stereocenters. The molecule has 16 heavy (non-hydrogen) atoms. The van der Waals surface area contributed by atoms with E-state index in [1.165, 1.54) is 6.07 Å². The van der Waals surface area contributed by atoms with E-state index >= 15 is 0 Å². The molecule has 0 aromatic carbocycles. The van der Waals surface area contributed by atoms with Crippen molar-refractivity contribution < 1.29 is 4.39 Å². The van der Waals surface area contributed by atoms with Gasteiger partial charge >= 0.3 is 0 Å². The Hall–Kier alpha value is -1.00. The third-order valence-corrected chi connectivity index (χ3v) is 3.04. The number of hydrogen-bond donors (Lipinski definition) is 2. The smallest absolute Gasteiger partial charge is 0.146 e. The maximum atomic E-state index is 13.5. The molecule has 3 nitrogen and oxygen atoms in total. The number of hydrazine groups is 1. The number of nitrogens with two attached hydrogens (primary N) is 1. The average Bonchev–Trinajstić information content (AvgIpc) is 2.32. The molecule has 1 rings (SSSR count). The van der Waals surface area contributed by atoms with E-state index in [4.69, 9.17) is 5.84 Å². The summed E-state index contributed by atoms with van der Waals surface area (Å²) in [6.45, 7) is 4.27. The standard InChI is InChI=1S/C12H20FN3/c1-3-9(4-2)8-11(16-14)12-10(13)6-5-7-15-12/h5-7,9,11,16H,3-4,8,14H2,1-2H3. The van der Waals surface area contributed by atoms with Crippen LogP contribution < -0.4 is 11.3 Å². The maximum Gasteiger partial charge on any atom is 0.146 e. The van der Waals surface area contributed by atoms with Gasteiger partial charge in [0.1, 0.15) is 5.82 Å². The summed E-state index contributed by atoms with van der Waals surface area (Å²) in [5.74, 6) is 5.72. The first-order chi connectivity index (χ1) is 7.72. The lowest BCUT2D eigenvalue weighted by Gasteiger charge is -2.21. The van der Waals surface area contributed by atoms with Gasteiger partial charge in [-0.05, 0) is 24.5 Å². The van der Waals surface area contributed by atoms with Crippen molar-refractivity contribution in [1.82, 2.24) is 10.4 Å². The zero-order chi connectivity index (χ0) is 12.0. The zero-order valence-electron chi connectivity index (χ0n) is 9.91. The molecule has 0 bridgehead atoms. The van der Waals surface area contributed by atoms with E-state index < -0.39 is 0 Å². The summed E-state index contributed by atoms with van der Waals surface area (Å²) in [6, 6.07) is 2.80. The Kier molecular flexibility index (Phi) is 5.35. The molecule has 0 aliphatic rings. The molecule has 1 atom stereocenters. The molecule has 0 aliphatic heterocycles. The molecule has 4 heteroatoms. The van der Waals surface area contributed by atoms with Crippen molar-refractivity contribution in [1.29, 1.82) is 0 Å². The third-order valence-electron chi connectivity index (χ3n) is 3.04. The quantitative estimate of drug-likeness (QED) is 0.578. The first kappa shape index (κ1) is 13.1. The fourth-order valence-electron chi connectivity index (χ4n) is 1.87. The van der Waals surface area contributed by atoms with Crippen molar-refractivity contribution in [2.45, 2.75) is 39.2 Å². The van der Waals surface area contributed by atoms with E-state index in [1.807, 2.05) is 0 Å². The Bertz CT molecular complexity index is 313. The highest BCUT2D eigenvalue weighted by Crippen LogP contribution is 2.24. The number of halogens is 1. The molecule has 0 fully saturated rings. The fraction of sp³-hybridized carbons (Fsp3) is 0.583. The molecule has 0 amide bonds. The van der Waals surface area contributed by atoms with E-state index in [1.54, 1.807) is 12.3 Å². The first-order valence-electron chi connectivity index (χ1n) is 5.79. The van der Waals surface area contributed by atoms with Crippen LogP contribution in [0.15, 0.2) is 18.3 Å². The summed E-state index contributed by atoms with van der Waals surface area (Å²) in [4.78, 5) is 4.05. The molecule has 1 aromatic rings. The van der Waals surface area contributed by atoms with Crippen molar-refractivity contribution >= 4 is 0 Å². The second-order valence-corrected chi connectivity index (χ2v) is 4.01. The van der Waals surface area contributed by atoms with Gasteiger partial charge in [-0.15, -0.1) is 0 Å². The van der Waals surface area contributed by atoms with E-state index in [0.717, 1.165) is 19.3 Å². The number of nitrogens with zero attached hydrogens (tertiary/aromatic N) is 1. The number of rotatable bonds is 6. The summed E-state index contributed by atoms with van der Waals surface area (Å²) in [6.07, 6.45) is 4.55. The third kappa shape index (κ3) is 3.25. The molecule has 0 saturated heterocycles. The zero-order valence-corrected chi connectivity index (χ0v) is 9.91. The number of nitrogens with one attached hydrogen (secondary N) is 1. The molecule has 0 spiro atoms. The van der Waals surface area contributed by atoms with E-state index in [0.29, 0.717) is 11.6 Å². The van der Waals surface area contributed by atoms with E-state index in [9.17, 15) is 4.39 Å². The molecule has 90 valence electrons. The van der Waals surface area contributed by atoms with Gasteiger partial charge in [-0.1, -0.05) is 26.7 Å². The molecule has 0 saturated carbocycles. The number of aromatic nitrogens is 1. The van der Waals surface area contributed by atoms with Crippen molar-refractivity contribution in [3.05, 3.63) is 29.8 Å². The number of pyridine rings is 1. The van der Waals surface area contributed by atoms with Crippen LogP contribution >= 0.6 is 0 Å². The second kappa shape index (κ2) is 6.55. The Morgan fingerprint density at radius 1 is 1.44 bits per heavy atom. The van der Waals surface area contributed by atoms with Gasteiger partial charge in [-0.25, -0.2) is 4.39 Å². The van der Waals surface area contributed by atoms with Gasteiger partial charge in [0, 0.05) is 6.20 Å².